The molecule has 1 aliphatic rings. The van der Waals surface area contributed by atoms with Gasteiger partial charge in [0, 0.05) is 30.5 Å². The number of hydrogen-bond donors (Lipinski definition) is 0. The average Bonchev–Trinajstić information content (AvgIpc) is 2.90. The molecule has 0 unspecified atom stereocenters. The Morgan fingerprint density at radius 1 is 0.955 bits per heavy atom. The van der Waals surface area contributed by atoms with Crippen molar-refractivity contribution in [2.24, 2.45) is 5.92 Å². The minimum atomic E-state index is -0.352. The molecule has 0 bridgehead atoms. The summed E-state index contributed by atoms with van der Waals surface area (Å²) >= 11 is 0. The van der Waals surface area contributed by atoms with E-state index in [1.54, 1.807) is 12.1 Å². The lowest BCUT2D eigenvalue weighted by Gasteiger charge is -2.18. The zero-order chi connectivity index (χ0) is 15.7. The van der Waals surface area contributed by atoms with Crippen LogP contribution in [0.5, 0.6) is 0 Å². The van der Waals surface area contributed by atoms with Crippen molar-refractivity contribution in [1.29, 1.82) is 0 Å². The maximum absolute atomic E-state index is 13.1. The summed E-state index contributed by atoms with van der Waals surface area (Å²) in [5.74, 6) is -0.783. The van der Waals surface area contributed by atoms with E-state index in [0.29, 0.717) is 12.1 Å². The van der Waals surface area contributed by atoms with Gasteiger partial charge in [0.2, 0.25) is 0 Å². The molecule has 0 saturated carbocycles. The molecule has 2 aromatic rings. The van der Waals surface area contributed by atoms with Gasteiger partial charge < -0.3 is 4.90 Å². The number of likely N-dealkylation sites (tertiary alicyclic amines) is 1. The maximum Gasteiger partial charge on any atom is 0.167 e. The standard InChI is InChI=1S/C18H17F2NO/c1-21-10-16(12-2-6-14(19)7-3-12)17(11-21)18(22)13-4-8-15(20)9-5-13/h2-9,16-17H,10-11H2,1H3/t16-,17-/m1/s1. The van der Waals surface area contributed by atoms with Crippen molar-refractivity contribution < 1.29 is 13.6 Å². The highest BCUT2D eigenvalue weighted by Crippen LogP contribution is 2.34. The second-order valence-electron chi connectivity index (χ2n) is 5.86. The Morgan fingerprint density at radius 3 is 2.09 bits per heavy atom. The first-order valence-corrected chi connectivity index (χ1v) is 7.28. The Balaban J connectivity index is 1.88. The van der Waals surface area contributed by atoms with Crippen LogP contribution in [0.25, 0.3) is 0 Å². The quantitative estimate of drug-likeness (QED) is 0.809. The number of carbonyl (C=O) groups excluding carboxylic acids is 1. The normalized spacial score (nSPS) is 22.0. The molecule has 0 amide bonds. The van der Waals surface area contributed by atoms with Gasteiger partial charge in [-0.2, -0.15) is 0 Å². The van der Waals surface area contributed by atoms with Crippen LogP contribution in [0.15, 0.2) is 48.5 Å². The second kappa shape index (κ2) is 5.97. The summed E-state index contributed by atoms with van der Waals surface area (Å²) in [5.41, 5.74) is 1.49. The van der Waals surface area contributed by atoms with Gasteiger partial charge >= 0.3 is 0 Å². The molecule has 0 aromatic heterocycles. The minimum absolute atomic E-state index is 0.0127. The summed E-state index contributed by atoms with van der Waals surface area (Å²) in [6, 6.07) is 12.0. The van der Waals surface area contributed by atoms with Gasteiger partial charge in [-0.3, -0.25) is 4.79 Å². The highest BCUT2D eigenvalue weighted by atomic mass is 19.1. The fourth-order valence-electron chi connectivity index (χ4n) is 3.14. The number of halogens is 2. The number of ketones is 1. The van der Waals surface area contributed by atoms with E-state index in [9.17, 15) is 13.6 Å². The second-order valence-corrected chi connectivity index (χ2v) is 5.86. The monoisotopic (exact) mass is 301 g/mol. The molecule has 1 aliphatic heterocycles. The van der Waals surface area contributed by atoms with E-state index >= 15 is 0 Å². The lowest BCUT2D eigenvalue weighted by atomic mass is 9.84. The smallest absolute Gasteiger partial charge is 0.167 e. The van der Waals surface area contributed by atoms with Gasteiger partial charge in [-0.1, -0.05) is 12.1 Å². The Bertz CT molecular complexity index is 666. The van der Waals surface area contributed by atoms with E-state index in [0.717, 1.165) is 12.1 Å². The third-order valence-corrected chi connectivity index (χ3v) is 4.27. The molecular formula is C18H17F2NO. The molecule has 0 N–H and O–H groups in total. The molecule has 2 nitrogen and oxygen atoms in total. The number of Topliss-reactive ketones (excluding diaryl/α,β-unsaturated/α-hetero) is 1. The van der Waals surface area contributed by atoms with Crippen molar-refractivity contribution >= 4 is 5.78 Å². The van der Waals surface area contributed by atoms with Gasteiger partial charge in [0.1, 0.15) is 11.6 Å². The lowest BCUT2D eigenvalue weighted by Crippen LogP contribution is -2.22. The van der Waals surface area contributed by atoms with Crippen LogP contribution < -0.4 is 0 Å². The zero-order valence-corrected chi connectivity index (χ0v) is 12.3. The Morgan fingerprint density at radius 2 is 1.50 bits per heavy atom. The number of nitrogens with zero attached hydrogens (tertiary/aromatic N) is 1. The van der Waals surface area contributed by atoms with Gasteiger partial charge in [0.25, 0.3) is 0 Å². The van der Waals surface area contributed by atoms with Crippen LogP contribution in [-0.2, 0) is 0 Å². The minimum Gasteiger partial charge on any atom is -0.305 e. The third-order valence-electron chi connectivity index (χ3n) is 4.27. The first kappa shape index (κ1) is 14.9. The molecule has 3 rings (SSSR count). The summed E-state index contributed by atoms with van der Waals surface area (Å²) in [5, 5.41) is 0. The SMILES string of the molecule is CN1C[C@H](c2ccc(F)cc2)[C@H](C(=O)c2ccc(F)cc2)C1. The molecule has 0 aliphatic carbocycles. The Hall–Kier alpha value is -2.07. The molecular weight excluding hydrogens is 284 g/mol. The van der Waals surface area contributed by atoms with Crippen LogP contribution in [-0.4, -0.2) is 30.8 Å². The molecule has 1 heterocycles. The summed E-state index contributed by atoms with van der Waals surface area (Å²) in [4.78, 5) is 14.8. The maximum atomic E-state index is 13.1. The molecule has 1 saturated heterocycles. The van der Waals surface area contributed by atoms with Crippen molar-refractivity contribution in [1.82, 2.24) is 4.90 Å². The fraction of sp³-hybridized carbons (Fsp3) is 0.278. The van der Waals surface area contributed by atoms with Crippen molar-refractivity contribution in [2.75, 3.05) is 20.1 Å². The van der Waals surface area contributed by atoms with E-state index in [1.807, 2.05) is 7.05 Å². The summed E-state index contributed by atoms with van der Waals surface area (Å²) in [6.07, 6.45) is 0. The van der Waals surface area contributed by atoms with Gasteiger partial charge in [-0.15, -0.1) is 0 Å². The molecule has 22 heavy (non-hydrogen) atoms. The summed E-state index contributed by atoms with van der Waals surface area (Å²) in [7, 11) is 1.97. The van der Waals surface area contributed by atoms with E-state index < -0.39 is 0 Å². The van der Waals surface area contributed by atoms with Crippen molar-refractivity contribution in [3.8, 4) is 0 Å². The van der Waals surface area contributed by atoms with Crippen LogP contribution in [0, 0.1) is 17.6 Å². The Labute approximate surface area is 128 Å². The van der Waals surface area contributed by atoms with E-state index in [4.69, 9.17) is 0 Å². The summed E-state index contributed by atoms with van der Waals surface area (Å²) in [6.45, 7) is 1.40. The molecule has 4 heteroatoms. The fourth-order valence-corrected chi connectivity index (χ4v) is 3.14. The van der Waals surface area contributed by atoms with Crippen LogP contribution in [0.2, 0.25) is 0 Å². The van der Waals surface area contributed by atoms with Crippen LogP contribution in [0.3, 0.4) is 0 Å². The highest BCUT2D eigenvalue weighted by Gasteiger charge is 2.37. The predicted molar refractivity (Wildman–Crippen MR) is 80.9 cm³/mol. The van der Waals surface area contributed by atoms with Crippen LogP contribution in [0.4, 0.5) is 8.78 Å². The highest BCUT2D eigenvalue weighted by molar-refractivity contribution is 5.98. The average molecular weight is 301 g/mol. The van der Waals surface area contributed by atoms with Crippen molar-refractivity contribution in [3.63, 3.8) is 0 Å². The number of rotatable bonds is 3. The Kier molecular flexibility index (Phi) is 4.03. The molecule has 0 radical (unpaired) electrons. The van der Waals surface area contributed by atoms with Crippen LogP contribution >= 0.6 is 0 Å². The summed E-state index contributed by atoms with van der Waals surface area (Å²) < 4.78 is 26.1. The van der Waals surface area contributed by atoms with Crippen molar-refractivity contribution in [3.05, 3.63) is 71.3 Å². The van der Waals surface area contributed by atoms with Gasteiger partial charge in [-0.05, 0) is 49.0 Å². The molecule has 2 atom stereocenters. The largest absolute Gasteiger partial charge is 0.305 e. The first-order valence-electron chi connectivity index (χ1n) is 7.28. The molecule has 0 spiro atoms. The third kappa shape index (κ3) is 2.92. The molecule has 114 valence electrons. The van der Waals surface area contributed by atoms with Crippen molar-refractivity contribution in [2.45, 2.75) is 5.92 Å². The van der Waals surface area contributed by atoms with Gasteiger partial charge in [0.15, 0.2) is 5.78 Å². The number of benzene rings is 2. The predicted octanol–water partition coefficient (Wildman–Crippen LogP) is 3.49. The first-order chi connectivity index (χ1) is 10.5. The number of hydrogen-bond acceptors (Lipinski definition) is 2. The van der Waals surface area contributed by atoms with Gasteiger partial charge in [-0.25, -0.2) is 8.78 Å². The zero-order valence-electron chi connectivity index (χ0n) is 12.3. The van der Waals surface area contributed by atoms with Gasteiger partial charge in [0.05, 0.1) is 0 Å². The topological polar surface area (TPSA) is 20.3 Å². The van der Waals surface area contributed by atoms with E-state index in [1.165, 1.54) is 36.4 Å². The molecule has 2 aromatic carbocycles. The lowest BCUT2D eigenvalue weighted by molar-refractivity contribution is 0.0915. The molecule has 1 fully saturated rings. The number of likely N-dealkylation sites (N-methyl/N-ethyl adjacent to an activating group) is 1. The van der Waals surface area contributed by atoms with E-state index in [2.05, 4.69) is 4.90 Å². The number of carbonyl (C=O) groups is 1. The van der Waals surface area contributed by atoms with Crippen LogP contribution in [0.1, 0.15) is 21.8 Å². The van der Waals surface area contributed by atoms with E-state index in [-0.39, 0.29) is 29.3 Å².